The van der Waals surface area contributed by atoms with Gasteiger partial charge in [0, 0.05) is 18.3 Å². The van der Waals surface area contributed by atoms with Crippen molar-refractivity contribution in [2.75, 3.05) is 25.5 Å². The number of rotatable bonds is 7. The molecular weight excluding hydrogens is 342 g/mol. The highest BCUT2D eigenvalue weighted by molar-refractivity contribution is 5.96. The maximum Gasteiger partial charge on any atom is 0.325 e. The second kappa shape index (κ2) is 9.02. The summed E-state index contributed by atoms with van der Waals surface area (Å²) >= 11 is 0. The van der Waals surface area contributed by atoms with Crippen molar-refractivity contribution in [3.63, 3.8) is 0 Å². The number of ether oxygens (including phenoxy) is 1. The summed E-state index contributed by atoms with van der Waals surface area (Å²) in [6.07, 6.45) is 1.33. The standard InChI is InChI=1S/C17H17N3O6/c1-18-16(23)11-4-6-12(7-5-11)20-14(21)10-26-15(22)9-19-17(24)13-3-2-8-25-13/h2-8H,9-10H2,1H3,(H,18,23)(H,19,24)(H,20,21). The monoisotopic (exact) mass is 359 g/mol. The van der Waals surface area contributed by atoms with Crippen LogP contribution >= 0.6 is 0 Å². The van der Waals surface area contributed by atoms with E-state index in [1.165, 1.54) is 19.4 Å². The maximum atomic E-state index is 11.7. The van der Waals surface area contributed by atoms with E-state index in [4.69, 9.17) is 9.15 Å². The molecule has 0 radical (unpaired) electrons. The average Bonchev–Trinajstić information content (AvgIpc) is 3.19. The summed E-state index contributed by atoms with van der Waals surface area (Å²) in [5.41, 5.74) is 0.897. The molecule has 0 bridgehead atoms. The third kappa shape index (κ3) is 5.48. The molecule has 9 heteroatoms. The Hall–Kier alpha value is -3.62. The third-order valence-corrected chi connectivity index (χ3v) is 3.16. The van der Waals surface area contributed by atoms with Gasteiger partial charge >= 0.3 is 5.97 Å². The summed E-state index contributed by atoms with van der Waals surface area (Å²) in [6, 6.07) is 9.18. The van der Waals surface area contributed by atoms with E-state index >= 15 is 0 Å². The Morgan fingerprint density at radius 3 is 2.38 bits per heavy atom. The zero-order valence-corrected chi connectivity index (χ0v) is 13.9. The Balaban J connectivity index is 1.71. The molecule has 3 amide bonds. The van der Waals surface area contributed by atoms with Crippen LogP contribution in [0.1, 0.15) is 20.9 Å². The van der Waals surface area contributed by atoms with Crippen molar-refractivity contribution in [2.24, 2.45) is 0 Å². The number of anilines is 1. The van der Waals surface area contributed by atoms with E-state index in [0.717, 1.165) is 0 Å². The first-order valence-corrected chi connectivity index (χ1v) is 7.59. The van der Waals surface area contributed by atoms with Gasteiger partial charge in [-0.25, -0.2) is 0 Å². The first-order chi connectivity index (χ1) is 12.5. The molecule has 0 fully saturated rings. The number of amides is 3. The quantitative estimate of drug-likeness (QED) is 0.620. The van der Waals surface area contributed by atoms with Crippen LogP contribution in [0.15, 0.2) is 47.1 Å². The van der Waals surface area contributed by atoms with Crippen LogP contribution in [0.2, 0.25) is 0 Å². The third-order valence-electron chi connectivity index (χ3n) is 3.16. The van der Waals surface area contributed by atoms with E-state index in [-0.39, 0.29) is 11.7 Å². The zero-order chi connectivity index (χ0) is 18.9. The average molecular weight is 359 g/mol. The van der Waals surface area contributed by atoms with Crippen molar-refractivity contribution in [1.29, 1.82) is 0 Å². The highest BCUT2D eigenvalue weighted by Gasteiger charge is 2.12. The van der Waals surface area contributed by atoms with Crippen LogP contribution in [-0.4, -0.2) is 43.9 Å². The summed E-state index contributed by atoms with van der Waals surface area (Å²) in [6.45, 7) is -0.902. The Kier molecular flexibility index (Phi) is 6.49. The van der Waals surface area contributed by atoms with E-state index in [2.05, 4.69) is 16.0 Å². The van der Waals surface area contributed by atoms with Crippen LogP contribution < -0.4 is 16.0 Å². The first kappa shape index (κ1) is 18.7. The van der Waals surface area contributed by atoms with E-state index in [1.54, 1.807) is 30.3 Å². The summed E-state index contributed by atoms with van der Waals surface area (Å²) in [5.74, 6) is -2.06. The van der Waals surface area contributed by atoms with Gasteiger partial charge < -0.3 is 25.1 Å². The number of benzene rings is 1. The number of carbonyl (C=O) groups is 4. The molecule has 0 saturated heterocycles. The minimum absolute atomic E-state index is 0.0655. The Morgan fingerprint density at radius 2 is 1.77 bits per heavy atom. The van der Waals surface area contributed by atoms with Crippen molar-refractivity contribution in [3.05, 3.63) is 54.0 Å². The minimum Gasteiger partial charge on any atom is -0.459 e. The maximum absolute atomic E-state index is 11.7. The molecule has 0 spiro atoms. The van der Waals surface area contributed by atoms with Crippen molar-refractivity contribution < 1.29 is 28.3 Å². The molecule has 1 heterocycles. The molecule has 1 aromatic carbocycles. The topological polar surface area (TPSA) is 127 Å². The predicted molar refractivity (Wildman–Crippen MR) is 90.5 cm³/mol. The van der Waals surface area contributed by atoms with Crippen LogP contribution in [0.25, 0.3) is 0 Å². The van der Waals surface area contributed by atoms with Crippen molar-refractivity contribution >= 4 is 29.4 Å². The smallest absolute Gasteiger partial charge is 0.325 e. The Morgan fingerprint density at radius 1 is 1.04 bits per heavy atom. The Labute approximate surface area is 148 Å². The molecule has 0 aliphatic rings. The molecule has 1 aromatic heterocycles. The van der Waals surface area contributed by atoms with Crippen LogP contribution in [0.3, 0.4) is 0 Å². The fraction of sp³-hybridized carbons (Fsp3) is 0.176. The van der Waals surface area contributed by atoms with Gasteiger partial charge in [0.1, 0.15) is 6.54 Å². The molecule has 0 aliphatic heterocycles. The van der Waals surface area contributed by atoms with E-state index in [0.29, 0.717) is 11.3 Å². The molecule has 136 valence electrons. The highest BCUT2D eigenvalue weighted by Crippen LogP contribution is 2.09. The van der Waals surface area contributed by atoms with Gasteiger partial charge in [-0.2, -0.15) is 0 Å². The normalized spacial score (nSPS) is 9.88. The number of hydrogen-bond donors (Lipinski definition) is 3. The van der Waals surface area contributed by atoms with Gasteiger partial charge in [-0.1, -0.05) is 0 Å². The van der Waals surface area contributed by atoms with Gasteiger partial charge in [-0.3, -0.25) is 19.2 Å². The second-order valence-electron chi connectivity index (χ2n) is 5.03. The Bertz CT molecular complexity index is 783. The van der Waals surface area contributed by atoms with Gasteiger partial charge in [-0.15, -0.1) is 0 Å². The van der Waals surface area contributed by atoms with Gasteiger partial charge in [0.05, 0.1) is 6.26 Å². The zero-order valence-electron chi connectivity index (χ0n) is 13.9. The molecule has 3 N–H and O–H groups in total. The van der Waals surface area contributed by atoms with Gasteiger partial charge in [-0.05, 0) is 36.4 Å². The predicted octanol–water partition coefficient (Wildman–Crippen LogP) is 0.551. The van der Waals surface area contributed by atoms with Crippen molar-refractivity contribution in [2.45, 2.75) is 0 Å². The lowest BCUT2D eigenvalue weighted by molar-refractivity contribution is -0.146. The number of esters is 1. The van der Waals surface area contributed by atoms with E-state index < -0.39 is 30.9 Å². The fourth-order valence-electron chi connectivity index (χ4n) is 1.89. The van der Waals surface area contributed by atoms with Gasteiger partial charge in [0.25, 0.3) is 17.7 Å². The molecule has 9 nitrogen and oxygen atoms in total. The number of carbonyl (C=O) groups excluding carboxylic acids is 4. The number of nitrogens with one attached hydrogen (secondary N) is 3. The lowest BCUT2D eigenvalue weighted by Crippen LogP contribution is -2.32. The minimum atomic E-state index is -0.768. The summed E-state index contributed by atoms with van der Waals surface area (Å²) in [5, 5.41) is 7.31. The van der Waals surface area contributed by atoms with Crippen molar-refractivity contribution in [3.8, 4) is 0 Å². The van der Waals surface area contributed by atoms with Gasteiger partial charge in [0.2, 0.25) is 0 Å². The number of furan rings is 1. The van der Waals surface area contributed by atoms with Crippen LogP contribution in [0, 0.1) is 0 Å². The molecule has 2 aromatic rings. The summed E-state index contributed by atoms with van der Waals surface area (Å²) in [4.78, 5) is 46.3. The van der Waals surface area contributed by atoms with Gasteiger partial charge in [0.15, 0.2) is 12.4 Å². The molecule has 0 aliphatic carbocycles. The fourth-order valence-corrected chi connectivity index (χ4v) is 1.89. The largest absolute Gasteiger partial charge is 0.459 e. The molecule has 0 atom stereocenters. The molecule has 0 unspecified atom stereocenters. The second-order valence-corrected chi connectivity index (χ2v) is 5.03. The van der Waals surface area contributed by atoms with E-state index in [9.17, 15) is 19.2 Å². The SMILES string of the molecule is CNC(=O)c1ccc(NC(=O)COC(=O)CNC(=O)c2ccco2)cc1. The summed E-state index contributed by atoms with van der Waals surface area (Å²) < 4.78 is 9.63. The van der Waals surface area contributed by atoms with Crippen LogP contribution in [-0.2, 0) is 14.3 Å². The van der Waals surface area contributed by atoms with Crippen LogP contribution in [0.4, 0.5) is 5.69 Å². The van der Waals surface area contributed by atoms with Crippen LogP contribution in [0.5, 0.6) is 0 Å². The van der Waals surface area contributed by atoms with E-state index in [1.807, 2.05) is 0 Å². The number of hydrogen-bond acceptors (Lipinski definition) is 6. The first-order valence-electron chi connectivity index (χ1n) is 7.59. The molecule has 2 rings (SSSR count). The summed E-state index contributed by atoms with van der Waals surface area (Å²) in [7, 11) is 1.52. The lowest BCUT2D eigenvalue weighted by atomic mass is 10.2. The highest BCUT2D eigenvalue weighted by atomic mass is 16.5. The molecule has 26 heavy (non-hydrogen) atoms. The molecular formula is C17H17N3O6. The lowest BCUT2D eigenvalue weighted by Gasteiger charge is -2.08. The van der Waals surface area contributed by atoms with Crippen molar-refractivity contribution in [1.82, 2.24) is 10.6 Å². The molecule has 0 saturated carbocycles.